The number of carbonyl (C=O) groups excluding carboxylic acids is 1. The van der Waals surface area contributed by atoms with Crippen molar-refractivity contribution < 1.29 is 14.6 Å². The molecule has 5 heteroatoms. The summed E-state index contributed by atoms with van der Waals surface area (Å²) in [5.41, 5.74) is 1.72. The Bertz CT molecular complexity index is 580. The van der Waals surface area contributed by atoms with Gasteiger partial charge in [-0.15, -0.1) is 0 Å². The van der Waals surface area contributed by atoms with Crippen molar-refractivity contribution in [1.29, 1.82) is 0 Å². The molecule has 2 N–H and O–H groups in total. The number of urea groups is 1. The van der Waals surface area contributed by atoms with Gasteiger partial charge < -0.3 is 20.1 Å². The van der Waals surface area contributed by atoms with Crippen LogP contribution in [0.1, 0.15) is 44.1 Å². The van der Waals surface area contributed by atoms with Crippen molar-refractivity contribution in [3.8, 4) is 5.75 Å². The Morgan fingerprint density at radius 2 is 2.04 bits per heavy atom. The molecule has 2 aliphatic carbocycles. The maximum absolute atomic E-state index is 12.4. The van der Waals surface area contributed by atoms with Crippen LogP contribution >= 0.6 is 0 Å². The van der Waals surface area contributed by atoms with E-state index in [1.165, 1.54) is 12.8 Å². The molecule has 1 aromatic rings. The van der Waals surface area contributed by atoms with Gasteiger partial charge in [-0.25, -0.2) is 4.79 Å². The van der Waals surface area contributed by atoms with Crippen LogP contribution in [-0.4, -0.2) is 41.8 Å². The number of hydrogen-bond donors (Lipinski definition) is 2. The van der Waals surface area contributed by atoms with Gasteiger partial charge in [0.25, 0.3) is 0 Å². The van der Waals surface area contributed by atoms with Crippen LogP contribution in [0.4, 0.5) is 10.5 Å². The topological polar surface area (TPSA) is 61.8 Å². The number of aliphatic hydroxyl groups excluding tert-OH is 1. The second-order valence-corrected chi connectivity index (χ2v) is 7.17. The average molecular weight is 332 g/mol. The van der Waals surface area contributed by atoms with E-state index in [1.54, 1.807) is 11.9 Å². The van der Waals surface area contributed by atoms with Gasteiger partial charge in [-0.05, 0) is 63.5 Å². The Morgan fingerprint density at radius 1 is 1.33 bits per heavy atom. The molecule has 2 saturated carbocycles. The molecule has 2 fully saturated rings. The number of aliphatic hydroxyl groups is 1. The highest BCUT2D eigenvalue weighted by Gasteiger charge is 2.31. The molecule has 1 atom stereocenters. The van der Waals surface area contributed by atoms with Gasteiger partial charge in [0, 0.05) is 24.8 Å². The minimum atomic E-state index is -0.418. The molecule has 5 nitrogen and oxygen atoms in total. The highest BCUT2D eigenvalue weighted by Crippen LogP contribution is 2.33. The van der Waals surface area contributed by atoms with E-state index in [1.807, 2.05) is 25.1 Å². The second kappa shape index (κ2) is 7.43. The van der Waals surface area contributed by atoms with Gasteiger partial charge in [-0.1, -0.05) is 6.07 Å². The number of likely N-dealkylation sites (N-methyl/N-ethyl adjacent to an activating group) is 1. The van der Waals surface area contributed by atoms with Crippen LogP contribution in [0, 0.1) is 12.8 Å². The summed E-state index contributed by atoms with van der Waals surface area (Å²) in [5.74, 6) is 1.21. The maximum atomic E-state index is 12.4. The molecule has 2 amide bonds. The summed E-state index contributed by atoms with van der Waals surface area (Å²) < 4.78 is 6.09. The highest BCUT2D eigenvalue weighted by atomic mass is 16.5. The molecule has 0 radical (unpaired) electrons. The summed E-state index contributed by atoms with van der Waals surface area (Å²) >= 11 is 0. The number of nitrogens with zero attached hydrogens (tertiary/aromatic N) is 1. The summed E-state index contributed by atoms with van der Waals surface area (Å²) in [6, 6.07) is 5.56. The van der Waals surface area contributed by atoms with Crippen LogP contribution in [0.25, 0.3) is 0 Å². The molecule has 2 aliphatic rings. The molecule has 0 spiro atoms. The Labute approximate surface area is 144 Å². The summed E-state index contributed by atoms with van der Waals surface area (Å²) in [5, 5.41) is 12.9. The minimum absolute atomic E-state index is 0.198. The third-order valence-electron chi connectivity index (χ3n) is 5.10. The van der Waals surface area contributed by atoms with E-state index < -0.39 is 6.10 Å². The third kappa shape index (κ3) is 4.20. The average Bonchev–Trinajstić information content (AvgIpc) is 3.29. The molecule has 3 rings (SSSR count). The lowest BCUT2D eigenvalue weighted by Gasteiger charge is -2.22. The van der Waals surface area contributed by atoms with Crippen LogP contribution in [-0.2, 0) is 0 Å². The van der Waals surface area contributed by atoms with Crippen LogP contribution < -0.4 is 10.1 Å². The zero-order valence-electron chi connectivity index (χ0n) is 14.6. The van der Waals surface area contributed by atoms with Gasteiger partial charge in [-0.3, -0.25) is 0 Å². The lowest BCUT2D eigenvalue weighted by Crippen LogP contribution is -2.38. The molecule has 1 unspecified atom stereocenters. The van der Waals surface area contributed by atoms with Crippen LogP contribution in [0.3, 0.4) is 0 Å². The summed E-state index contributed by atoms with van der Waals surface area (Å²) in [4.78, 5) is 13.9. The zero-order chi connectivity index (χ0) is 17.1. The van der Waals surface area contributed by atoms with Crippen molar-refractivity contribution in [2.75, 3.05) is 18.9 Å². The Balaban J connectivity index is 1.60. The number of rotatable bonds is 6. The molecule has 24 heavy (non-hydrogen) atoms. The molecule has 0 saturated heterocycles. The normalized spacial score (nSPS) is 19.1. The van der Waals surface area contributed by atoms with Crippen LogP contribution in [0.5, 0.6) is 5.75 Å². The van der Waals surface area contributed by atoms with Crippen LogP contribution in [0.15, 0.2) is 18.2 Å². The molecule has 1 aromatic carbocycles. The van der Waals surface area contributed by atoms with E-state index in [0.717, 1.165) is 42.7 Å². The number of carbonyl (C=O) groups is 1. The maximum Gasteiger partial charge on any atom is 0.321 e. The first-order chi connectivity index (χ1) is 11.5. The van der Waals surface area contributed by atoms with Gasteiger partial charge in [0.2, 0.25) is 0 Å². The number of hydrogen-bond acceptors (Lipinski definition) is 3. The summed E-state index contributed by atoms with van der Waals surface area (Å²) in [6.45, 7) is 2.34. The van der Waals surface area contributed by atoms with Crippen molar-refractivity contribution >= 4 is 11.7 Å². The first-order valence-electron chi connectivity index (χ1n) is 9.01. The summed E-state index contributed by atoms with van der Waals surface area (Å²) in [7, 11) is 1.72. The quantitative estimate of drug-likeness (QED) is 0.837. The van der Waals surface area contributed by atoms with Gasteiger partial charge in [0.1, 0.15) is 5.75 Å². The molecule has 0 bridgehead atoms. The van der Waals surface area contributed by atoms with E-state index >= 15 is 0 Å². The fraction of sp³-hybridized carbons (Fsp3) is 0.632. The van der Waals surface area contributed by atoms with Crippen molar-refractivity contribution in [1.82, 2.24) is 4.90 Å². The van der Waals surface area contributed by atoms with E-state index in [9.17, 15) is 9.90 Å². The Hall–Kier alpha value is -1.75. The Morgan fingerprint density at radius 3 is 2.71 bits per heavy atom. The number of nitrogens with one attached hydrogen (secondary N) is 1. The molecule has 132 valence electrons. The number of ether oxygens (including phenoxy) is 1. The fourth-order valence-corrected chi connectivity index (χ4v) is 3.27. The Kier molecular flexibility index (Phi) is 5.29. The lowest BCUT2D eigenvalue weighted by molar-refractivity contribution is 0.117. The first kappa shape index (κ1) is 17.1. The first-order valence-corrected chi connectivity index (χ1v) is 9.01. The molecule has 0 heterocycles. The van der Waals surface area contributed by atoms with Crippen molar-refractivity contribution in [2.24, 2.45) is 5.92 Å². The van der Waals surface area contributed by atoms with Crippen molar-refractivity contribution in [3.63, 3.8) is 0 Å². The highest BCUT2D eigenvalue weighted by molar-refractivity contribution is 5.90. The third-order valence-corrected chi connectivity index (χ3v) is 5.10. The predicted octanol–water partition coefficient (Wildman–Crippen LogP) is 3.55. The molecule has 0 aromatic heterocycles. The van der Waals surface area contributed by atoms with E-state index in [0.29, 0.717) is 18.6 Å². The zero-order valence-corrected chi connectivity index (χ0v) is 14.6. The molecular weight excluding hydrogens is 304 g/mol. The van der Waals surface area contributed by atoms with Gasteiger partial charge in [0.15, 0.2) is 0 Å². The summed E-state index contributed by atoms with van der Waals surface area (Å²) in [6.07, 6.45) is 6.69. The van der Waals surface area contributed by atoms with Crippen molar-refractivity contribution in [2.45, 2.75) is 57.7 Å². The van der Waals surface area contributed by atoms with Gasteiger partial charge in [0.05, 0.1) is 12.2 Å². The predicted molar refractivity (Wildman–Crippen MR) is 94.4 cm³/mol. The van der Waals surface area contributed by atoms with E-state index in [2.05, 4.69) is 5.32 Å². The SMILES string of the molecule is Cc1c(NC(=O)N(C)CC(O)C2CC2)cccc1OC1CCCC1. The largest absolute Gasteiger partial charge is 0.490 e. The van der Waals surface area contributed by atoms with Crippen molar-refractivity contribution in [3.05, 3.63) is 23.8 Å². The number of benzene rings is 1. The standard InChI is InChI=1S/C19H28N2O3/c1-13-16(8-5-9-18(13)24-15-6-3-4-7-15)20-19(23)21(2)12-17(22)14-10-11-14/h5,8-9,14-15,17,22H,3-4,6-7,10-12H2,1-2H3,(H,20,23). The second-order valence-electron chi connectivity index (χ2n) is 7.17. The minimum Gasteiger partial charge on any atom is -0.490 e. The molecule has 0 aliphatic heterocycles. The monoisotopic (exact) mass is 332 g/mol. The van der Waals surface area contributed by atoms with E-state index in [-0.39, 0.29) is 6.03 Å². The van der Waals surface area contributed by atoms with E-state index in [4.69, 9.17) is 4.74 Å². The van der Waals surface area contributed by atoms with Crippen LogP contribution in [0.2, 0.25) is 0 Å². The van der Waals surface area contributed by atoms with Gasteiger partial charge >= 0.3 is 6.03 Å². The smallest absolute Gasteiger partial charge is 0.321 e. The number of amides is 2. The fourth-order valence-electron chi connectivity index (χ4n) is 3.27. The number of anilines is 1. The van der Waals surface area contributed by atoms with Gasteiger partial charge in [-0.2, -0.15) is 0 Å². The molecular formula is C19H28N2O3. The lowest BCUT2D eigenvalue weighted by atomic mass is 10.1.